The fourth-order valence-electron chi connectivity index (χ4n) is 5.09. The first-order chi connectivity index (χ1) is 21.6. The number of fused-ring (bicyclic) bond motifs is 1. The van der Waals surface area contributed by atoms with Crippen LogP contribution in [0, 0.1) is 25.1 Å². The number of hydrogen-bond donors (Lipinski definition) is 0. The second kappa shape index (κ2) is 17.2. The third-order valence-corrected chi connectivity index (χ3v) is 7.90. The van der Waals surface area contributed by atoms with E-state index >= 15 is 0 Å². The maximum absolute atomic E-state index is 12.9. The molecular weight excluding hydrogens is 559 g/mol. The third kappa shape index (κ3) is 9.28. The zero-order valence-electron chi connectivity index (χ0n) is 27.9. The molecule has 0 bridgehead atoms. The van der Waals surface area contributed by atoms with E-state index in [4.69, 9.17) is 0 Å². The van der Waals surface area contributed by atoms with Gasteiger partial charge >= 0.3 is 0 Å². The number of carbonyl (C=O) groups excluding carboxylic acids is 3. The highest BCUT2D eigenvalue weighted by Gasteiger charge is 2.54. The van der Waals surface area contributed by atoms with Crippen LogP contribution in [-0.2, 0) is 22.4 Å². The predicted octanol–water partition coefficient (Wildman–Crippen LogP) is 11.0. The molecule has 3 nitrogen and oxygen atoms in total. The maximum atomic E-state index is 12.9. The minimum atomic E-state index is -0.828. The van der Waals surface area contributed by atoms with E-state index in [1.54, 1.807) is 31.2 Å². The Hall–Kier alpha value is -4.44. The van der Waals surface area contributed by atoms with Gasteiger partial charge in [0.25, 0.3) is 0 Å². The smallest absolute Gasteiger partial charge is 0.160 e. The van der Waals surface area contributed by atoms with Gasteiger partial charge in [0.1, 0.15) is 5.82 Å². The van der Waals surface area contributed by atoms with Crippen LogP contribution in [0.15, 0.2) is 86.0 Å². The van der Waals surface area contributed by atoms with E-state index in [0.29, 0.717) is 12.8 Å². The Balaban J connectivity index is 0.000000816. The van der Waals surface area contributed by atoms with Crippen molar-refractivity contribution in [3.8, 4) is 0 Å². The SMILES string of the molecule is C=Cc1cc2c(C)ccc(C)c2cc1C(C)=O.C=Cc1ccc(CC(=O)C2(C(=O)Cc3ccc(F)cc3)CC2)cc1.CC.CC.[HH].[HH]. The summed E-state index contributed by atoms with van der Waals surface area (Å²) in [5.74, 6) is -0.308. The molecule has 1 saturated carbocycles. The van der Waals surface area contributed by atoms with Crippen molar-refractivity contribution in [2.45, 2.75) is 74.1 Å². The van der Waals surface area contributed by atoms with Gasteiger partial charge in [-0.1, -0.05) is 102 Å². The first-order valence-corrected chi connectivity index (χ1v) is 15.8. The molecule has 1 fully saturated rings. The first kappa shape index (κ1) is 36.8. The van der Waals surface area contributed by atoms with Gasteiger partial charge in [-0.15, -0.1) is 0 Å². The molecule has 0 heterocycles. The van der Waals surface area contributed by atoms with Crippen molar-refractivity contribution in [3.05, 3.63) is 131 Å². The Morgan fingerprint density at radius 2 is 1.18 bits per heavy atom. The monoisotopic (exact) mass is 610 g/mol. The number of benzene rings is 4. The summed E-state index contributed by atoms with van der Waals surface area (Å²) < 4.78 is 12.9. The summed E-state index contributed by atoms with van der Waals surface area (Å²) in [5, 5.41) is 2.35. The Bertz CT molecular complexity index is 1650. The molecular formula is C41H51FO3. The normalized spacial score (nSPS) is 12.2. The fraction of sp³-hybridized carbons (Fsp3) is 0.293. The topological polar surface area (TPSA) is 51.2 Å². The van der Waals surface area contributed by atoms with Crippen LogP contribution in [0.25, 0.3) is 22.9 Å². The van der Waals surface area contributed by atoms with E-state index in [9.17, 15) is 18.8 Å². The Morgan fingerprint density at radius 3 is 1.58 bits per heavy atom. The van der Waals surface area contributed by atoms with E-state index in [1.165, 1.54) is 28.6 Å². The molecule has 4 aromatic carbocycles. The van der Waals surface area contributed by atoms with E-state index in [-0.39, 0.29) is 38.9 Å². The molecule has 0 unspecified atom stereocenters. The van der Waals surface area contributed by atoms with Gasteiger partial charge < -0.3 is 0 Å². The van der Waals surface area contributed by atoms with Crippen molar-refractivity contribution < 1.29 is 21.6 Å². The summed E-state index contributed by atoms with van der Waals surface area (Å²) in [7, 11) is 0. The minimum Gasteiger partial charge on any atom is -0.298 e. The molecule has 4 heteroatoms. The number of Topliss-reactive ketones (excluding diaryl/α,β-unsaturated/α-hetero) is 3. The van der Waals surface area contributed by atoms with Gasteiger partial charge in [0.2, 0.25) is 0 Å². The molecule has 0 saturated heterocycles. The van der Waals surface area contributed by atoms with Gasteiger partial charge in [-0.3, -0.25) is 14.4 Å². The van der Waals surface area contributed by atoms with E-state index in [0.717, 1.165) is 33.2 Å². The van der Waals surface area contributed by atoms with Gasteiger partial charge in [0.05, 0.1) is 5.41 Å². The number of ketones is 3. The summed E-state index contributed by atoms with van der Waals surface area (Å²) in [6.07, 6.45) is 5.19. The Kier molecular flexibility index (Phi) is 14.0. The highest BCUT2D eigenvalue weighted by molar-refractivity contribution is 6.11. The van der Waals surface area contributed by atoms with Crippen LogP contribution in [0.4, 0.5) is 4.39 Å². The van der Waals surface area contributed by atoms with E-state index in [1.807, 2.05) is 58.0 Å². The lowest BCUT2D eigenvalue weighted by Crippen LogP contribution is -2.28. The number of hydrogen-bond acceptors (Lipinski definition) is 3. The summed E-state index contributed by atoms with van der Waals surface area (Å²) in [6, 6.07) is 21.7. The molecule has 45 heavy (non-hydrogen) atoms. The summed E-state index contributed by atoms with van der Waals surface area (Å²) >= 11 is 0. The van der Waals surface area contributed by atoms with Crippen molar-refractivity contribution in [3.63, 3.8) is 0 Å². The van der Waals surface area contributed by atoms with Gasteiger partial charge in [-0.25, -0.2) is 4.39 Å². The average molecular weight is 611 g/mol. The van der Waals surface area contributed by atoms with Crippen molar-refractivity contribution in [2.75, 3.05) is 0 Å². The molecule has 1 aliphatic rings. The number of carbonyl (C=O) groups is 3. The molecule has 240 valence electrons. The molecule has 0 aromatic heterocycles. The lowest BCUT2D eigenvalue weighted by molar-refractivity contribution is -0.133. The van der Waals surface area contributed by atoms with Gasteiger partial charge in [0, 0.05) is 21.3 Å². The summed E-state index contributed by atoms with van der Waals surface area (Å²) in [6.45, 7) is 21.2. The van der Waals surface area contributed by atoms with Crippen LogP contribution < -0.4 is 0 Å². The molecule has 0 spiro atoms. The van der Waals surface area contributed by atoms with Gasteiger partial charge in [-0.05, 0) is 102 Å². The lowest BCUT2D eigenvalue weighted by Gasteiger charge is -2.13. The Labute approximate surface area is 271 Å². The Morgan fingerprint density at radius 1 is 0.733 bits per heavy atom. The van der Waals surface area contributed by atoms with Crippen LogP contribution in [-0.4, -0.2) is 17.3 Å². The number of aryl methyl sites for hydroxylation is 2. The third-order valence-electron chi connectivity index (χ3n) is 7.90. The molecule has 4 aromatic rings. The van der Waals surface area contributed by atoms with Crippen LogP contribution >= 0.6 is 0 Å². The van der Waals surface area contributed by atoms with Crippen LogP contribution in [0.2, 0.25) is 0 Å². The molecule has 5 rings (SSSR count). The first-order valence-electron chi connectivity index (χ1n) is 15.8. The van der Waals surface area contributed by atoms with E-state index in [2.05, 4.69) is 45.2 Å². The minimum absolute atomic E-state index is 0. The number of halogens is 1. The van der Waals surface area contributed by atoms with Gasteiger partial charge in [-0.2, -0.15) is 0 Å². The lowest BCUT2D eigenvalue weighted by atomic mass is 9.88. The predicted molar refractivity (Wildman–Crippen MR) is 192 cm³/mol. The van der Waals surface area contributed by atoms with Crippen LogP contribution in [0.3, 0.4) is 0 Å². The fourth-order valence-corrected chi connectivity index (χ4v) is 5.09. The standard InChI is InChI=1S/C21H19FO2.C16H16O.2C2H6.2H2/c1-2-15-3-5-16(6-4-15)13-19(23)21(11-12-21)20(24)14-17-7-9-18(22)10-8-17;1-5-13-8-14-10(2)6-7-11(3)15(14)9-16(13)12(4)17;2*1-2;;/h2-10H,1,11-14H2;5-9H,1H2,2-4H3;2*1-2H3;2*1H. The van der Waals surface area contributed by atoms with E-state index < -0.39 is 5.41 Å². The molecule has 0 N–H and O–H groups in total. The number of rotatable bonds is 9. The van der Waals surface area contributed by atoms with Crippen molar-refractivity contribution in [2.24, 2.45) is 5.41 Å². The van der Waals surface area contributed by atoms with Crippen LogP contribution in [0.5, 0.6) is 0 Å². The van der Waals surface area contributed by atoms with Crippen molar-refractivity contribution in [1.29, 1.82) is 0 Å². The molecule has 0 aliphatic heterocycles. The highest BCUT2D eigenvalue weighted by atomic mass is 19.1. The second-order valence-electron chi connectivity index (χ2n) is 10.8. The molecule has 0 atom stereocenters. The van der Waals surface area contributed by atoms with Crippen molar-refractivity contribution in [1.82, 2.24) is 0 Å². The highest BCUT2D eigenvalue weighted by Crippen LogP contribution is 2.48. The quantitative estimate of drug-likeness (QED) is 0.140. The summed E-state index contributed by atoms with van der Waals surface area (Å²) in [5.41, 5.74) is 5.92. The van der Waals surface area contributed by atoms with Crippen LogP contribution in [0.1, 0.15) is 94.1 Å². The van der Waals surface area contributed by atoms with Crippen molar-refractivity contribution >= 4 is 40.3 Å². The maximum Gasteiger partial charge on any atom is 0.160 e. The average Bonchev–Trinajstić information content (AvgIpc) is 3.88. The molecule has 0 radical (unpaired) electrons. The van der Waals surface area contributed by atoms with Gasteiger partial charge in [0.15, 0.2) is 17.3 Å². The largest absolute Gasteiger partial charge is 0.298 e. The zero-order chi connectivity index (χ0) is 33.7. The summed E-state index contributed by atoms with van der Waals surface area (Å²) in [4.78, 5) is 36.8. The molecule has 0 amide bonds. The second-order valence-corrected chi connectivity index (χ2v) is 10.8. The molecule has 1 aliphatic carbocycles. The zero-order valence-corrected chi connectivity index (χ0v) is 27.9.